The number of benzene rings is 1. The van der Waals surface area contributed by atoms with Crippen molar-refractivity contribution in [3.8, 4) is 0 Å². The molecule has 1 heterocycles. The van der Waals surface area contributed by atoms with Gasteiger partial charge in [0.2, 0.25) is 0 Å². The summed E-state index contributed by atoms with van der Waals surface area (Å²) in [5.41, 5.74) is 14.3. The molecule has 0 aliphatic carbocycles. The average Bonchev–Trinajstić information content (AvgIpc) is 2.40. The standard InChI is InChI=1S/C13H22N4O/c14-12-1-2-13(15)11(9-12)10-16-3-4-17-5-7-18-8-6-17/h1-2,9,16H,3-8,10,14-15H2. The van der Waals surface area contributed by atoms with Crippen LogP contribution in [-0.4, -0.2) is 44.3 Å². The van der Waals surface area contributed by atoms with Gasteiger partial charge in [-0.15, -0.1) is 0 Å². The van der Waals surface area contributed by atoms with Crippen molar-refractivity contribution in [2.45, 2.75) is 6.54 Å². The molecule has 5 nitrogen and oxygen atoms in total. The van der Waals surface area contributed by atoms with E-state index in [1.54, 1.807) is 0 Å². The van der Waals surface area contributed by atoms with Gasteiger partial charge in [0, 0.05) is 44.1 Å². The van der Waals surface area contributed by atoms with Gasteiger partial charge in [0.05, 0.1) is 13.2 Å². The molecule has 1 aliphatic rings. The summed E-state index contributed by atoms with van der Waals surface area (Å²) in [7, 11) is 0. The lowest BCUT2D eigenvalue weighted by Gasteiger charge is -2.26. The lowest BCUT2D eigenvalue weighted by Crippen LogP contribution is -2.40. The molecule has 1 aromatic carbocycles. The zero-order chi connectivity index (χ0) is 12.8. The minimum Gasteiger partial charge on any atom is -0.399 e. The van der Waals surface area contributed by atoms with Crippen LogP contribution in [-0.2, 0) is 11.3 Å². The zero-order valence-electron chi connectivity index (χ0n) is 10.7. The maximum absolute atomic E-state index is 5.89. The van der Waals surface area contributed by atoms with Crippen LogP contribution in [0.4, 0.5) is 11.4 Å². The van der Waals surface area contributed by atoms with Crippen LogP contribution in [0.25, 0.3) is 0 Å². The molecular formula is C13H22N4O. The summed E-state index contributed by atoms with van der Waals surface area (Å²) in [5, 5.41) is 3.40. The highest BCUT2D eigenvalue weighted by molar-refractivity contribution is 5.55. The summed E-state index contributed by atoms with van der Waals surface area (Å²) >= 11 is 0. The van der Waals surface area contributed by atoms with Gasteiger partial charge in [-0.25, -0.2) is 0 Å². The van der Waals surface area contributed by atoms with Gasteiger partial charge < -0.3 is 21.5 Å². The second-order valence-electron chi connectivity index (χ2n) is 4.59. The Balaban J connectivity index is 1.69. The van der Waals surface area contributed by atoms with Gasteiger partial charge >= 0.3 is 0 Å². The Hall–Kier alpha value is -1.30. The number of anilines is 2. The Morgan fingerprint density at radius 1 is 1.22 bits per heavy atom. The fraction of sp³-hybridized carbons (Fsp3) is 0.538. The third kappa shape index (κ3) is 3.87. The van der Waals surface area contributed by atoms with Crippen LogP contribution in [0, 0.1) is 0 Å². The molecule has 5 heteroatoms. The second-order valence-corrected chi connectivity index (χ2v) is 4.59. The molecule has 2 rings (SSSR count). The van der Waals surface area contributed by atoms with Crippen LogP contribution in [0.15, 0.2) is 18.2 Å². The summed E-state index contributed by atoms with van der Waals surface area (Å²) in [6.45, 7) is 6.52. The van der Waals surface area contributed by atoms with Gasteiger partial charge in [0.1, 0.15) is 0 Å². The maximum atomic E-state index is 5.89. The van der Waals surface area contributed by atoms with Crippen LogP contribution in [0.5, 0.6) is 0 Å². The monoisotopic (exact) mass is 250 g/mol. The molecule has 1 saturated heterocycles. The number of nitrogens with one attached hydrogen (secondary N) is 1. The molecule has 0 bridgehead atoms. The highest BCUT2D eigenvalue weighted by Crippen LogP contribution is 2.14. The molecule has 0 spiro atoms. The van der Waals surface area contributed by atoms with Crippen molar-refractivity contribution < 1.29 is 4.74 Å². The Morgan fingerprint density at radius 3 is 2.78 bits per heavy atom. The first kappa shape index (κ1) is 13.1. The van der Waals surface area contributed by atoms with E-state index >= 15 is 0 Å². The normalized spacial score (nSPS) is 16.9. The SMILES string of the molecule is Nc1ccc(N)c(CNCCN2CCOCC2)c1. The summed E-state index contributed by atoms with van der Waals surface area (Å²) in [6, 6.07) is 5.61. The largest absolute Gasteiger partial charge is 0.399 e. The first-order valence-electron chi connectivity index (χ1n) is 6.40. The molecular weight excluding hydrogens is 228 g/mol. The van der Waals surface area contributed by atoms with E-state index in [1.807, 2.05) is 18.2 Å². The first-order chi connectivity index (χ1) is 8.75. The van der Waals surface area contributed by atoms with E-state index < -0.39 is 0 Å². The van der Waals surface area contributed by atoms with Crippen molar-refractivity contribution in [1.29, 1.82) is 0 Å². The van der Waals surface area contributed by atoms with Gasteiger partial charge in [0.25, 0.3) is 0 Å². The Bertz CT molecular complexity index is 377. The molecule has 5 N–H and O–H groups in total. The van der Waals surface area contributed by atoms with Gasteiger partial charge in [-0.05, 0) is 23.8 Å². The molecule has 0 radical (unpaired) electrons. The summed E-state index contributed by atoms with van der Waals surface area (Å²) in [5.74, 6) is 0. The number of rotatable bonds is 5. The van der Waals surface area contributed by atoms with Crippen molar-refractivity contribution in [2.24, 2.45) is 0 Å². The summed E-state index contributed by atoms with van der Waals surface area (Å²) in [4.78, 5) is 2.40. The summed E-state index contributed by atoms with van der Waals surface area (Å²) in [6.07, 6.45) is 0. The Kier molecular flexibility index (Phi) is 4.81. The van der Waals surface area contributed by atoms with Crippen molar-refractivity contribution in [1.82, 2.24) is 10.2 Å². The van der Waals surface area contributed by atoms with E-state index in [-0.39, 0.29) is 0 Å². The van der Waals surface area contributed by atoms with E-state index in [1.165, 1.54) is 0 Å². The molecule has 0 saturated carbocycles. The Labute approximate surface area is 108 Å². The lowest BCUT2D eigenvalue weighted by atomic mass is 10.1. The number of nitrogens with two attached hydrogens (primary N) is 2. The number of ether oxygens (including phenoxy) is 1. The van der Waals surface area contributed by atoms with Crippen molar-refractivity contribution in [3.05, 3.63) is 23.8 Å². The van der Waals surface area contributed by atoms with E-state index in [4.69, 9.17) is 16.2 Å². The van der Waals surface area contributed by atoms with E-state index in [0.717, 1.165) is 62.9 Å². The van der Waals surface area contributed by atoms with Gasteiger partial charge in [-0.2, -0.15) is 0 Å². The minimum absolute atomic E-state index is 0.758. The fourth-order valence-electron chi connectivity index (χ4n) is 2.06. The predicted octanol–water partition coefficient (Wildman–Crippen LogP) is 0.273. The molecule has 1 aromatic rings. The zero-order valence-corrected chi connectivity index (χ0v) is 10.7. The molecule has 0 amide bonds. The lowest BCUT2D eigenvalue weighted by molar-refractivity contribution is 0.0384. The number of hydrogen-bond donors (Lipinski definition) is 3. The van der Waals surface area contributed by atoms with Crippen molar-refractivity contribution in [2.75, 3.05) is 50.9 Å². The minimum atomic E-state index is 0.758. The molecule has 0 unspecified atom stereocenters. The van der Waals surface area contributed by atoms with Crippen molar-refractivity contribution >= 4 is 11.4 Å². The summed E-state index contributed by atoms with van der Waals surface area (Å²) < 4.78 is 5.31. The third-order valence-electron chi connectivity index (χ3n) is 3.19. The first-order valence-corrected chi connectivity index (χ1v) is 6.40. The molecule has 1 aliphatic heterocycles. The Morgan fingerprint density at radius 2 is 2.00 bits per heavy atom. The van der Waals surface area contributed by atoms with Crippen LogP contribution >= 0.6 is 0 Å². The highest BCUT2D eigenvalue weighted by Gasteiger charge is 2.09. The number of morpholine rings is 1. The van der Waals surface area contributed by atoms with Crippen LogP contribution in [0.1, 0.15) is 5.56 Å². The van der Waals surface area contributed by atoms with Crippen LogP contribution in [0.2, 0.25) is 0 Å². The third-order valence-corrected chi connectivity index (χ3v) is 3.19. The van der Waals surface area contributed by atoms with E-state index in [0.29, 0.717) is 0 Å². The molecule has 18 heavy (non-hydrogen) atoms. The van der Waals surface area contributed by atoms with E-state index in [9.17, 15) is 0 Å². The van der Waals surface area contributed by atoms with Gasteiger partial charge in [0.15, 0.2) is 0 Å². The van der Waals surface area contributed by atoms with Crippen LogP contribution in [0.3, 0.4) is 0 Å². The maximum Gasteiger partial charge on any atom is 0.0594 e. The molecule has 1 fully saturated rings. The number of hydrogen-bond acceptors (Lipinski definition) is 5. The highest BCUT2D eigenvalue weighted by atomic mass is 16.5. The number of nitrogen functional groups attached to an aromatic ring is 2. The quantitative estimate of drug-likeness (QED) is 0.517. The van der Waals surface area contributed by atoms with Crippen molar-refractivity contribution in [3.63, 3.8) is 0 Å². The molecule has 0 aromatic heterocycles. The predicted molar refractivity (Wildman–Crippen MR) is 74.2 cm³/mol. The number of nitrogens with zero attached hydrogens (tertiary/aromatic N) is 1. The average molecular weight is 250 g/mol. The fourth-order valence-corrected chi connectivity index (χ4v) is 2.06. The van der Waals surface area contributed by atoms with E-state index in [2.05, 4.69) is 10.2 Å². The molecule has 100 valence electrons. The smallest absolute Gasteiger partial charge is 0.0594 e. The van der Waals surface area contributed by atoms with Gasteiger partial charge in [-0.1, -0.05) is 0 Å². The molecule has 0 atom stereocenters. The van der Waals surface area contributed by atoms with Gasteiger partial charge in [-0.3, -0.25) is 4.90 Å². The topological polar surface area (TPSA) is 76.5 Å². The second kappa shape index (κ2) is 6.58. The van der Waals surface area contributed by atoms with Crippen LogP contribution < -0.4 is 16.8 Å².